The quantitative estimate of drug-likeness (QED) is 0.467. The zero-order valence-corrected chi connectivity index (χ0v) is 18.0. The Hall–Kier alpha value is -1.99. The average molecular weight is 377 g/mol. The number of hydrogen-bond donors (Lipinski definition) is 0. The molecule has 27 heavy (non-hydrogen) atoms. The first-order valence-electron chi connectivity index (χ1n) is 10.0. The van der Waals surface area contributed by atoms with Crippen molar-refractivity contribution in [3.8, 4) is 0 Å². The van der Waals surface area contributed by atoms with Crippen LogP contribution < -0.4 is 0 Å². The predicted octanol–water partition coefficient (Wildman–Crippen LogP) is 8.39. The molecular weight excluding hydrogens is 344 g/mol. The highest BCUT2D eigenvalue weighted by molar-refractivity contribution is 8.06. The highest BCUT2D eigenvalue weighted by Crippen LogP contribution is 2.38. The van der Waals surface area contributed by atoms with Gasteiger partial charge in [-0.3, -0.25) is 0 Å². The Morgan fingerprint density at radius 1 is 0.963 bits per heavy atom. The van der Waals surface area contributed by atoms with Gasteiger partial charge >= 0.3 is 0 Å². The van der Waals surface area contributed by atoms with Crippen LogP contribution in [0, 0.1) is 0 Å². The van der Waals surface area contributed by atoms with Crippen molar-refractivity contribution in [3.63, 3.8) is 0 Å². The summed E-state index contributed by atoms with van der Waals surface area (Å²) in [6.45, 7) is 12.7. The summed E-state index contributed by atoms with van der Waals surface area (Å²) in [6.07, 6.45) is 7.64. The summed E-state index contributed by atoms with van der Waals surface area (Å²) in [6, 6.07) is 19.7. The summed E-state index contributed by atoms with van der Waals surface area (Å²) in [5.41, 5.74) is 5.53. The van der Waals surface area contributed by atoms with Crippen molar-refractivity contribution >= 4 is 17.3 Å². The third-order valence-corrected chi connectivity index (χ3v) is 5.63. The fraction of sp³-hybridized carbons (Fsp3) is 0.308. The van der Waals surface area contributed by atoms with Crippen LogP contribution in [-0.4, -0.2) is 0 Å². The van der Waals surface area contributed by atoms with Crippen molar-refractivity contribution in [1.82, 2.24) is 0 Å². The van der Waals surface area contributed by atoms with Gasteiger partial charge in [-0.15, -0.1) is 0 Å². The normalized spacial score (nSPS) is 12.9. The highest BCUT2D eigenvalue weighted by Gasteiger charge is 2.12. The van der Waals surface area contributed by atoms with Crippen LogP contribution in [0.2, 0.25) is 0 Å². The van der Waals surface area contributed by atoms with E-state index in [0.29, 0.717) is 5.92 Å². The number of thioether (sulfide) groups is 1. The molecule has 0 nitrogen and oxygen atoms in total. The second kappa shape index (κ2) is 11.0. The largest absolute Gasteiger partial charge is 0.0993 e. The Labute approximate surface area is 170 Å². The third-order valence-electron chi connectivity index (χ3n) is 4.59. The van der Waals surface area contributed by atoms with E-state index < -0.39 is 0 Å². The van der Waals surface area contributed by atoms with Gasteiger partial charge in [0.2, 0.25) is 0 Å². The molecule has 0 saturated carbocycles. The Morgan fingerprint density at radius 2 is 1.63 bits per heavy atom. The molecule has 0 heterocycles. The van der Waals surface area contributed by atoms with E-state index in [4.69, 9.17) is 0 Å². The molecule has 1 heteroatoms. The van der Waals surface area contributed by atoms with Crippen LogP contribution in [-0.2, 0) is 6.42 Å². The van der Waals surface area contributed by atoms with E-state index in [1.54, 1.807) is 0 Å². The maximum atomic E-state index is 4.26. The predicted molar refractivity (Wildman–Crippen MR) is 124 cm³/mol. The molecule has 3 rings (SSSR count). The molecule has 0 bridgehead atoms. The Kier molecular flexibility index (Phi) is 8.67. The molecule has 2 aromatic carbocycles. The van der Waals surface area contributed by atoms with Crippen molar-refractivity contribution in [2.45, 2.75) is 52.9 Å². The number of benzene rings is 2. The molecule has 2 aromatic rings. The molecule has 0 unspecified atom stereocenters. The standard InChI is InChI=1S/C24H26S.C2H6/c1-18(2)21-11-13-22(14-12-21)23-15-16-24(17-23)25-19(3)9-10-20-7-5-4-6-8-20;1-2/h4-8,11-16,18H,3,9-10,17H2,1-2H3;1-2H3. The molecule has 0 fully saturated rings. The molecule has 0 aliphatic heterocycles. The van der Waals surface area contributed by atoms with E-state index >= 15 is 0 Å². The SMILES string of the molecule is C=C(CCc1ccccc1)SC1=CC=C(c2ccc(C(C)C)cc2)C1.CC. The van der Waals surface area contributed by atoms with Crippen LogP contribution in [0.25, 0.3) is 5.57 Å². The van der Waals surface area contributed by atoms with Gasteiger partial charge in [0, 0.05) is 6.42 Å². The lowest BCUT2D eigenvalue weighted by Gasteiger charge is -2.10. The molecule has 0 atom stereocenters. The van der Waals surface area contributed by atoms with Gasteiger partial charge in [0.25, 0.3) is 0 Å². The van der Waals surface area contributed by atoms with E-state index in [1.165, 1.54) is 32.1 Å². The number of aryl methyl sites for hydroxylation is 1. The van der Waals surface area contributed by atoms with Gasteiger partial charge in [0.05, 0.1) is 0 Å². The molecule has 142 valence electrons. The molecular formula is C26H32S. The van der Waals surface area contributed by atoms with Crippen molar-refractivity contribution in [3.05, 3.63) is 99.8 Å². The number of hydrogen-bond acceptors (Lipinski definition) is 1. The monoisotopic (exact) mass is 376 g/mol. The van der Waals surface area contributed by atoms with Gasteiger partial charge in [-0.25, -0.2) is 0 Å². The average Bonchev–Trinajstić information content (AvgIpc) is 3.17. The minimum Gasteiger partial charge on any atom is -0.0993 e. The number of rotatable bonds is 7. The summed E-state index contributed by atoms with van der Waals surface area (Å²) in [5.74, 6) is 0.587. The van der Waals surface area contributed by atoms with Crippen LogP contribution in [0.4, 0.5) is 0 Å². The molecule has 0 radical (unpaired) electrons. The van der Waals surface area contributed by atoms with E-state index in [9.17, 15) is 0 Å². The first-order valence-corrected chi connectivity index (χ1v) is 10.8. The molecule has 1 aliphatic rings. The first kappa shape index (κ1) is 21.3. The molecule has 0 aromatic heterocycles. The molecule has 0 amide bonds. The lowest BCUT2D eigenvalue weighted by Crippen LogP contribution is -1.89. The van der Waals surface area contributed by atoms with Crippen LogP contribution in [0.1, 0.15) is 63.1 Å². The van der Waals surface area contributed by atoms with E-state index in [2.05, 4.69) is 87.2 Å². The second-order valence-corrected chi connectivity index (χ2v) is 8.21. The summed E-state index contributed by atoms with van der Waals surface area (Å²) in [7, 11) is 0. The van der Waals surface area contributed by atoms with Crippen LogP contribution in [0.15, 0.2) is 83.1 Å². The zero-order valence-electron chi connectivity index (χ0n) is 17.2. The molecule has 0 N–H and O–H groups in total. The lowest BCUT2D eigenvalue weighted by atomic mass is 9.98. The Bertz CT molecular complexity index is 777. The van der Waals surface area contributed by atoms with Gasteiger partial charge < -0.3 is 0 Å². The summed E-state index contributed by atoms with van der Waals surface area (Å²) in [4.78, 5) is 2.65. The van der Waals surface area contributed by atoms with E-state index in [1.807, 2.05) is 25.6 Å². The van der Waals surface area contributed by atoms with Gasteiger partial charge in [-0.1, -0.05) is 113 Å². The maximum Gasteiger partial charge on any atom is 0.00438 e. The highest BCUT2D eigenvalue weighted by atomic mass is 32.2. The maximum absolute atomic E-state index is 4.26. The topological polar surface area (TPSA) is 0 Å². The van der Waals surface area contributed by atoms with Crippen molar-refractivity contribution in [2.24, 2.45) is 0 Å². The Morgan fingerprint density at radius 3 is 2.26 bits per heavy atom. The van der Waals surface area contributed by atoms with Gasteiger partial charge in [0.15, 0.2) is 0 Å². The third kappa shape index (κ3) is 6.59. The molecule has 0 spiro atoms. The minimum atomic E-state index is 0.587. The van der Waals surface area contributed by atoms with Gasteiger partial charge in [-0.2, -0.15) is 0 Å². The van der Waals surface area contributed by atoms with Crippen molar-refractivity contribution < 1.29 is 0 Å². The summed E-state index contributed by atoms with van der Waals surface area (Å²) < 4.78 is 0. The first-order chi connectivity index (χ1) is 13.1. The fourth-order valence-corrected chi connectivity index (χ4v) is 3.95. The lowest BCUT2D eigenvalue weighted by molar-refractivity contribution is 0.866. The van der Waals surface area contributed by atoms with Gasteiger partial charge in [0.1, 0.15) is 0 Å². The Balaban J connectivity index is 0.00000126. The molecule has 1 aliphatic carbocycles. The second-order valence-electron chi connectivity index (χ2n) is 6.90. The van der Waals surface area contributed by atoms with Crippen LogP contribution >= 0.6 is 11.8 Å². The summed E-state index contributed by atoms with van der Waals surface area (Å²) in [5, 5.41) is 0. The summed E-state index contributed by atoms with van der Waals surface area (Å²) >= 11 is 1.85. The van der Waals surface area contributed by atoms with Gasteiger partial charge in [-0.05, 0) is 50.8 Å². The van der Waals surface area contributed by atoms with E-state index in [0.717, 1.165) is 19.3 Å². The molecule has 0 saturated heterocycles. The van der Waals surface area contributed by atoms with E-state index in [-0.39, 0.29) is 0 Å². The van der Waals surface area contributed by atoms with Crippen LogP contribution in [0.5, 0.6) is 0 Å². The van der Waals surface area contributed by atoms with Crippen molar-refractivity contribution in [1.29, 1.82) is 0 Å². The number of allylic oxidation sites excluding steroid dienone is 5. The van der Waals surface area contributed by atoms with Crippen LogP contribution in [0.3, 0.4) is 0 Å². The minimum absolute atomic E-state index is 0.587. The van der Waals surface area contributed by atoms with Crippen molar-refractivity contribution in [2.75, 3.05) is 0 Å². The smallest absolute Gasteiger partial charge is 0.00438 e. The zero-order chi connectivity index (χ0) is 19.6. The fourth-order valence-electron chi connectivity index (χ4n) is 3.01.